The van der Waals surface area contributed by atoms with Crippen LogP contribution in [0.15, 0.2) is 43.0 Å². The minimum absolute atomic E-state index is 0.212. The van der Waals surface area contributed by atoms with Crippen LogP contribution in [0.25, 0.3) is 0 Å². The van der Waals surface area contributed by atoms with E-state index in [1.54, 1.807) is 34.6 Å². The smallest absolute Gasteiger partial charge is 0.408 e. The zero-order valence-electron chi connectivity index (χ0n) is 18.0. The highest BCUT2D eigenvalue weighted by Gasteiger charge is 2.29. The maximum atomic E-state index is 12.6. The van der Waals surface area contributed by atoms with E-state index < -0.39 is 41.8 Å². The lowest BCUT2D eigenvalue weighted by molar-refractivity contribution is -0.151. The van der Waals surface area contributed by atoms with Crippen LogP contribution in [0.2, 0.25) is 0 Å². The molecule has 2 amide bonds. The van der Waals surface area contributed by atoms with Gasteiger partial charge >= 0.3 is 12.1 Å². The quantitative estimate of drug-likeness (QED) is 0.511. The van der Waals surface area contributed by atoms with Gasteiger partial charge in [0.05, 0.1) is 0 Å². The minimum Gasteiger partial charge on any atom is -0.452 e. The van der Waals surface area contributed by atoms with E-state index in [1.807, 2.05) is 30.3 Å². The molecule has 0 aromatic heterocycles. The Kier molecular flexibility index (Phi) is 8.88. The molecule has 0 saturated heterocycles. The van der Waals surface area contributed by atoms with E-state index in [1.165, 1.54) is 13.0 Å². The zero-order valence-corrected chi connectivity index (χ0v) is 18.0. The molecule has 29 heavy (non-hydrogen) atoms. The fourth-order valence-corrected chi connectivity index (χ4v) is 2.45. The number of alkyl carbamates (subject to hydrolysis) is 1. The molecule has 0 saturated carbocycles. The average Bonchev–Trinajstić information content (AvgIpc) is 2.62. The third-order valence-electron chi connectivity index (χ3n) is 3.92. The van der Waals surface area contributed by atoms with Gasteiger partial charge in [-0.05, 0) is 45.3 Å². The predicted octanol–water partition coefficient (Wildman–Crippen LogP) is 3.51. The number of hydrogen-bond donors (Lipinski definition) is 2. The largest absolute Gasteiger partial charge is 0.452 e. The maximum Gasteiger partial charge on any atom is 0.408 e. The second kappa shape index (κ2) is 10.6. The van der Waals surface area contributed by atoms with Crippen LogP contribution in [0.1, 0.15) is 53.2 Å². The summed E-state index contributed by atoms with van der Waals surface area (Å²) >= 11 is 0. The molecule has 1 aromatic carbocycles. The Hall–Kier alpha value is -2.83. The van der Waals surface area contributed by atoms with Crippen molar-refractivity contribution in [1.82, 2.24) is 10.6 Å². The van der Waals surface area contributed by atoms with Gasteiger partial charge in [-0.15, -0.1) is 0 Å². The van der Waals surface area contributed by atoms with Gasteiger partial charge in [-0.2, -0.15) is 0 Å². The van der Waals surface area contributed by atoms with Crippen molar-refractivity contribution in [3.05, 3.63) is 48.6 Å². The van der Waals surface area contributed by atoms with Crippen LogP contribution in [-0.2, 0) is 19.1 Å². The molecule has 0 spiro atoms. The molecule has 7 heteroatoms. The molecule has 0 aliphatic heterocycles. The van der Waals surface area contributed by atoms with Crippen molar-refractivity contribution < 1.29 is 23.9 Å². The highest BCUT2D eigenvalue weighted by molar-refractivity contribution is 5.89. The molecule has 0 radical (unpaired) electrons. The first kappa shape index (κ1) is 24.2. The van der Waals surface area contributed by atoms with Crippen molar-refractivity contribution in [2.75, 3.05) is 0 Å². The van der Waals surface area contributed by atoms with Crippen molar-refractivity contribution in [1.29, 1.82) is 0 Å². The third kappa shape index (κ3) is 8.37. The summed E-state index contributed by atoms with van der Waals surface area (Å²) in [6, 6.07) is 7.41. The summed E-state index contributed by atoms with van der Waals surface area (Å²) in [7, 11) is 0. The molecule has 0 heterocycles. The molecule has 160 valence electrons. The fraction of sp³-hybridized carbons (Fsp3) is 0.500. The average molecular weight is 405 g/mol. The van der Waals surface area contributed by atoms with Crippen LogP contribution >= 0.6 is 0 Å². The molecule has 1 aromatic rings. The minimum atomic E-state index is -0.907. The molecule has 0 aliphatic rings. The van der Waals surface area contributed by atoms with Gasteiger partial charge in [0, 0.05) is 0 Å². The number of carbonyl (C=O) groups excluding carboxylic acids is 3. The summed E-state index contributed by atoms with van der Waals surface area (Å²) < 4.78 is 10.7. The van der Waals surface area contributed by atoms with E-state index in [-0.39, 0.29) is 5.92 Å². The number of carbonyl (C=O) groups is 3. The molecule has 0 bridgehead atoms. The van der Waals surface area contributed by atoms with E-state index in [9.17, 15) is 14.4 Å². The van der Waals surface area contributed by atoms with Gasteiger partial charge < -0.3 is 20.1 Å². The maximum absolute atomic E-state index is 12.6. The van der Waals surface area contributed by atoms with E-state index in [0.717, 1.165) is 5.56 Å². The van der Waals surface area contributed by atoms with E-state index >= 15 is 0 Å². The summed E-state index contributed by atoms with van der Waals surface area (Å²) in [6.07, 6.45) is 0.198. The lowest BCUT2D eigenvalue weighted by Gasteiger charge is -2.26. The van der Waals surface area contributed by atoms with Gasteiger partial charge in [-0.1, -0.05) is 50.8 Å². The summed E-state index contributed by atoms with van der Waals surface area (Å²) in [6.45, 7) is 14.0. The standard InChI is InChI=1S/C22H32N2O5/c1-8-17(16-12-10-9-11-13-16)28-20(26)15(4)23-19(25)18(14(2)3)24-21(27)29-22(5,6)7/h8-15,17-18H,1H2,2-7H3,(H,23,25)(H,24,27)/t15-,17-,18-/m0/s1. The van der Waals surface area contributed by atoms with Crippen molar-refractivity contribution in [2.24, 2.45) is 5.92 Å². The van der Waals surface area contributed by atoms with Gasteiger partial charge in [0.2, 0.25) is 5.91 Å². The Morgan fingerprint density at radius 2 is 1.62 bits per heavy atom. The number of hydrogen-bond acceptors (Lipinski definition) is 5. The Balaban J connectivity index is 2.72. The molecular weight excluding hydrogens is 372 g/mol. The molecule has 0 fully saturated rings. The Bertz CT molecular complexity index is 710. The molecule has 0 aliphatic carbocycles. The summed E-state index contributed by atoms with van der Waals surface area (Å²) in [5.74, 6) is -1.31. The normalized spacial score (nSPS) is 14.3. The Labute approximate surface area is 172 Å². The van der Waals surface area contributed by atoms with Crippen LogP contribution in [0, 0.1) is 5.92 Å². The SMILES string of the molecule is C=C[C@H](OC(=O)[C@H](C)NC(=O)[C@@H](NC(=O)OC(C)(C)C)C(C)C)c1ccccc1. The number of ether oxygens (including phenoxy) is 2. The first-order valence-electron chi connectivity index (χ1n) is 9.62. The van der Waals surface area contributed by atoms with Gasteiger partial charge in [0.25, 0.3) is 0 Å². The van der Waals surface area contributed by atoms with Crippen LogP contribution in [0.4, 0.5) is 4.79 Å². The fourth-order valence-electron chi connectivity index (χ4n) is 2.45. The van der Waals surface area contributed by atoms with Gasteiger partial charge in [-0.25, -0.2) is 9.59 Å². The second-order valence-electron chi connectivity index (χ2n) is 8.10. The highest BCUT2D eigenvalue weighted by atomic mass is 16.6. The molecule has 3 atom stereocenters. The van der Waals surface area contributed by atoms with Gasteiger partial charge in [0.15, 0.2) is 0 Å². The van der Waals surface area contributed by atoms with Gasteiger partial charge in [0.1, 0.15) is 23.8 Å². The van der Waals surface area contributed by atoms with Gasteiger partial charge in [-0.3, -0.25) is 4.79 Å². The zero-order chi connectivity index (χ0) is 22.2. The molecule has 2 N–H and O–H groups in total. The highest BCUT2D eigenvalue weighted by Crippen LogP contribution is 2.18. The first-order valence-corrected chi connectivity index (χ1v) is 9.62. The van der Waals surface area contributed by atoms with Crippen LogP contribution in [-0.4, -0.2) is 35.7 Å². The Morgan fingerprint density at radius 1 is 1.03 bits per heavy atom. The molecular formula is C22H32N2O5. The van der Waals surface area contributed by atoms with Crippen molar-refractivity contribution >= 4 is 18.0 Å². The number of rotatable bonds is 8. The lowest BCUT2D eigenvalue weighted by atomic mass is 10.0. The monoisotopic (exact) mass is 404 g/mol. The number of esters is 1. The summed E-state index contributed by atoms with van der Waals surface area (Å²) in [5, 5.41) is 5.15. The van der Waals surface area contributed by atoms with E-state index in [2.05, 4.69) is 17.2 Å². The Morgan fingerprint density at radius 3 is 2.10 bits per heavy atom. The van der Waals surface area contributed by atoms with E-state index in [4.69, 9.17) is 9.47 Å². The lowest BCUT2D eigenvalue weighted by Crippen LogP contribution is -2.54. The third-order valence-corrected chi connectivity index (χ3v) is 3.92. The second-order valence-corrected chi connectivity index (χ2v) is 8.10. The molecule has 7 nitrogen and oxygen atoms in total. The topological polar surface area (TPSA) is 93.7 Å². The summed E-state index contributed by atoms with van der Waals surface area (Å²) in [4.78, 5) is 37.1. The van der Waals surface area contributed by atoms with Crippen molar-refractivity contribution in [2.45, 2.75) is 65.3 Å². The van der Waals surface area contributed by atoms with E-state index in [0.29, 0.717) is 0 Å². The van der Waals surface area contributed by atoms with Crippen LogP contribution < -0.4 is 10.6 Å². The number of benzene rings is 1. The van der Waals surface area contributed by atoms with Crippen LogP contribution in [0.3, 0.4) is 0 Å². The van der Waals surface area contributed by atoms with Crippen LogP contribution in [0.5, 0.6) is 0 Å². The predicted molar refractivity (Wildman–Crippen MR) is 111 cm³/mol. The number of amides is 2. The molecule has 0 unspecified atom stereocenters. The van der Waals surface area contributed by atoms with Crippen molar-refractivity contribution in [3.63, 3.8) is 0 Å². The molecule has 1 rings (SSSR count). The first-order chi connectivity index (χ1) is 13.4. The number of nitrogens with one attached hydrogen (secondary N) is 2. The summed E-state index contributed by atoms with van der Waals surface area (Å²) in [5.41, 5.74) is 0.0945. The van der Waals surface area contributed by atoms with Crippen molar-refractivity contribution in [3.8, 4) is 0 Å².